The van der Waals surface area contributed by atoms with Crippen LogP contribution in [0.25, 0.3) is 0 Å². The topological polar surface area (TPSA) is 75.7 Å². The Morgan fingerprint density at radius 2 is 1.49 bits per heavy atom. The number of para-hydroxylation sites is 1. The minimum absolute atomic E-state index is 0.0611. The van der Waals surface area contributed by atoms with Crippen LogP contribution in [0.2, 0.25) is 10.0 Å². The highest BCUT2D eigenvalue weighted by molar-refractivity contribution is 9.10. The Morgan fingerprint density at radius 1 is 0.838 bits per heavy atom. The summed E-state index contributed by atoms with van der Waals surface area (Å²) >= 11 is 15.4. The van der Waals surface area contributed by atoms with Crippen LogP contribution in [0, 0.1) is 0 Å². The molecule has 0 fully saturated rings. The van der Waals surface area contributed by atoms with Crippen molar-refractivity contribution >= 4 is 60.7 Å². The molecule has 10 heteroatoms. The second-order valence-electron chi connectivity index (χ2n) is 7.96. The van der Waals surface area contributed by atoms with E-state index in [0.29, 0.717) is 32.8 Å². The molecule has 0 aliphatic rings. The SMILES string of the molecule is O=C(CN(Cc1ccc(Cl)c(Cl)c1)S(=O)(=O)c1ccc(Br)cc1)Nc1ccc(Oc2ccccc2)cc1. The van der Waals surface area contributed by atoms with Crippen LogP contribution in [0.5, 0.6) is 11.5 Å². The molecule has 0 atom stereocenters. The standard InChI is InChI=1S/C27H21BrCl2N2O4S/c28-20-7-13-24(14-8-20)37(34,35)32(17-19-6-15-25(29)26(30)16-19)18-27(33)31-21-9-11-23(12-10-21)36-22-4-2-1-3-5-22/h1-16H,17-18H2,(H,31,33). The maximum atomic E-state index is 13.5. The fraction of sp³-hybridized carbons (Fsp3) is 0.0741. The molecule has 1 amide bonds. The van der Waals surface area contributed by atoms with Crippen LogP contribution in [-0.4, -0.2) is 25.2 Å². The van der Waals surface area contributed by atoms with Gasteiger partial charge in [0.2, 0.25) is 15.9 Å². The summed E-state index contributed by atoms with van der Waals surface area (Å²) in [5.41, 5.74) is 1.09. The van der Waals surface area contributed by atoms with E-state index in [1.807, 2.05) is 30.3 Å². The highest BCUT2D eigenvalue weighted by atomic mass is 79.9. The van der Waals surface area contributed by atoms with Gasteiger partial charge in [0.15, 0.2) is 0 Å². The third-order valence-electron chi connectivity index (χ3n) is 5.23. The van der Waals surface area contributed by atoms with Gasteiger partial charge in [0, 0.05) is 16.7 Å². The number of sulfonamides is 1. The molecule has 190 valence electrons. The molecule has 0 radical (unpaired) electrons. The van der Waals surface area contributed by atoms with Crippen molar-refractivity contribution in [3.05, 3.63) is 117 Å². The summed E-state index contributed by atoms with van der Waals surface area (Å²) < 4.78 is 34.5. The zero-order valence-corrected chi connectivity index (χ0v) is 23.2. The summed E-state index contributed by atoms with van der Waals surface area (Å²) in [6.45, 7) is -0.493. The van der Waals surface area contributed by atoms with E-state index in [1.165, 1.54) is 12.1 Å². The van der Waals surface area contributed by atoms with E-state index in [4.69, 9.17) is 27.9 Å². The number of anilines is 1. The van der Waals surface area contributed by atoms with E-state index in [1.54, 1.807) is 54.6 Å². The van der Waals surface area contributed by atoms with Gasteiger partial charge in [-0.05, 0) is 78.4 Å². The highest BCUT2D eigenvalue weighted by Gasteiger charge is 2.27. The van der Waals surface area contributed by atoms with Crippen molar-refractivity contribution in [2.45, 2.75) is 11.4 Å². The van der Waals surface area contributed by atoms with Crippen molar-refractivity contribution in [1.82, 2.24) is 4.31 Å². The number of carbonyl (C=O) groups is 1. The lowest BCUT2D eigenvalue weighted by molar-refractivity contribution is -0.116. The van der Waals surface area contributed by atoms with Gasteiger partial charge >= 0.3 is 0 Å². The van der Waals surface area contributed by atoms with Crippen LogP contribution in [0.15, 0.2) is 106 Å². The summed E-state index contributed by atoms with van der Waals surface area (Å²) in [5.74, 6) is 0.788. The van der Waals surface area contributed by atoms with E-state index in [0.717, 1.165) is 8.78 Å². The van der Waals surface area contributed by atoms with Crippen LogP contribution < -0.4 is 10.1 Å². The zero-order valence-electron chi connectivity index (χ0n) is 19.3. The third-order valence-corrected chi connectivity index (χ3v) is 8.30. The van der Waals surface area contributed by atoms with Crippen molar-refractivity contribution in [2.75, 3.05) is 11.9 Å². The maximum Gasteiger partial charge on any atom is 0.243 e. The number of hydrogen-bond donors (Lipinski definition) is 1. The second kappa shape index (κ2) is 12.1. The summed E-state index contributed by atoms with van der Waals surface area (Å²) in [7, 11) is -4.01. The van der Waals surface area contributed by atoms with Gasteiger partial charge in [-0.1, -0.05) is 63.4 Å². The number of ether oxygens (including phenoxy) is 1. The fourth-order valence-electron chi connectivity index (χ4n) is 3.41. The lowest BCUT2D eigenvalue weighted by atomic mass is 10.2. The van der Waals surface area contributed by atoms with Gasteiger partial charge in [-0.25, -0.2) is 8.42 Å². The van der Waals surface area contributed by atoms with Gasteiger partial charge in [0.1, 0.15) is 11.5 Å². The van der Waals surface area contributed by atoms with Crippen molar-refractivity contribution in [1.29, 1.82) is 0 Å². The molecular formula is C27H21BrCl2N2O4S. The van der Waals surface area contributed by atoms with E-state index in [9.17, 15) is 13.2 Å². The van der Waals surface area contributed by atoms with E-state index in [2.05, 4.69) is 21.2 Å². The molecule has 37 heavy (non-hydrogen) atoms. The number of nitrogens with zero attached hydrogens (tertiary/aromatic N) is 1. The van der Waals surface area contributed by atoms with Crippen LogP contribution in [0.1, 0.15) is 5.56 Å². The molecule has 0 heterocycles. The molecule has 0 saturated heterocycles. The Morgan fingerprint density at radius 3 is 2.14 bits per heavy atom. The molecule has 4 aromatic carbocycles. The predicted molar refractivity (Wildman–Crippen MR) is 150 cm³/mol. The van der Waals surface area contributed by atoms with Gasteiger partial charge in [0.05, 0.1) is 21.5 Å². The summed E-state index contributed by atoms with van der Waals surface area (Å²) in [6.07, 6.45) is 0. The molecule has 0 aromatic heterocycles. The van der Waals surface area contributed by atoms with Crippen molar-refractivity contribution in [2.24, 2.45) is 0 Å². The lowest BCUT2D eigenvalue weighted by Crippen LogP contribution is -2.37. The molecular weight excluding hydrogens is 599 g/mol. The quantitative estimate of drug-likeness (QED) is 0.212. The number of nitrogens with one attached hydrogen (secondary N) is 1. The van der Waals surface area contributed by atoms with Gasteiger partial charge in [-0.15, -0.1) is 0 Å². The largest absolute Gasteiger partial charge is 0.457 e. The monoisotopic (exact) mass is 618 g/mol. The Balaban J connectivity index is 1.51. The Hall–Kier alpha value is -2.88. The summed E-state index contributed by atoms with van der Waals surface area (Å²) in [5, 5.41) is 3.39. The molecule has 0 spiro atoms. The van der Waals surface area contributed by atoms with E-state index < -0.39 is 22.5 Å². The highest BCUT2D eigenvalue weighted by Crippen LogP contribution is 2.26. The number of halogens is 3. The first-order valence-electron chi connectivity index (χ1n) is 11.0. The smallest absolute Gasteiger partial charge is 0.243 e. The Labute approximate surface area is 234 Å². The fourth-order valence-corrected chi connectivity index (χ4v) is 5.38. The molecule has 0 aliphatic heterocycles. The first-order valence-corrected chi connectivity index (χ1v) is 14.0. The Kier molecular flexibility index (Phi) is 8.89. The van der Waals surface area contributed by atoms with Crippen molar-refractivity contribution < 1.29 is 17.9 Å². The van der Waals surface area contributed by atoms with Crippen molar-refractivity contribution in [3.8, 4) is 11.5 Å². The molecule has 0 bridgehead atoms. The molecule has 4 rings (SSSR count). The first kappa shape index (κ1) is 27.2. The van der Waals surface area contributed by atoms with Gasteiger partial charge in [-0.2, -0.15) is 4.31 Å². The molecule has 4 aromatic rings. The van der Waals surface area contributed by atoms with E-state index in [-0.39, 0.29) is 11.4 Å². The second-order valence-corrected chi connectivity index (χ2v) is 11.6. The average molecular weight is 620 g/mol. The van der Waals surface area contributed by atoms with Crippen LogP contribution >= 0.6 is 39.1 Å². The van der Waals surface area contributed by atoms with Crippen LogP contribution in [0.3, 0.4) is 0 Å². The van der Waals surface area contributed by atoms with Crippen LogP contribution in [0.4, 0.5) is 5.69 Å². The molecule has 6 nitrogen and oxygen atoms in total. The number of rotatable bonds is 9. The number of hydrogen-bond acceptors (Lipinski definition) is 4. The Bertz CT molecular complexity index is 1480. The lowest BCUT2D eigenvalue weighted by Gasteiger charge is -2.22. The normalized spacial score (nSPS) is 11.4. The zero-order chi connectivity index (χ0) is 26.4. The molecule has 0 aliphatic carbocycles. The average Bonchev–Trinajstić information content (AvgIpc) is 2.88. The minimum atomic E-state index is -4.01. The summed E-state index contributed by atoms with van der Waals surface area (Å²) in [6, 6.07) is 27.2. The van der Waals surface area contributed by atoms with Gasteiger partial charge in [0.25, 0.3) is 0 Å². The summed E-state index contributed by atoms with van der Waals surface area (Å²) in [4.78, 5) is 13.0. The maximum absolute atomic E-state index is 13.5. The van der Waals surface area contributed by atoms with Crippen molar-refractivity contribution in [3.63, 3.8) is 0 Å². The predicted octanol–water partition coefficient (Wildman–Crippen LogP) is 7.38. The number of benzene rings is 4. The number of amides is 1. The minimum Gasteiger partial charge on any atom is -0.457 e. The molecule has 0 saturated carbocycles. The third kappa shape index (κ3) is 7.34. The molecule has 0 unspecified atom stereocenters. The van der Waals surface area contributed by atoms with Gasteiger partial charge in [-0.3, -0.25) is 4.79 Å². The van der Waals surface area contributed by atoms with Crippen LogP contribution in [-0.2, 0) is 21.4 Å². The van der Waals surface area contributed by atoms with E-state index >= 15 is 0 Å². The molecule has 1 N–H and O–H groups in total. The van der Waals surface area contributed by atoms with Gasteiger partial charge < -0.3 is 10.1 Å². The first-order chi connectivity index (χ1) is 17.7. The number of carbonyl (C=O) groups excluding carboxylic acids is 1.